The molecule has 0 atom stereocenters. The third-order valence-corrected chi connectivity index (χ3v) is 7.43. The van der Waals surface area contributed by atoms with Crippen LogP contribution in [0, 0.1) is 5.92 Å². The summed E-state index contributed by atoms with van der Waals surface area (Å²) in [6.07, 6.45) is 12.3. The number of carbonyl (C=O) groups excluding carboxylic acids is 1. The molecule has 29 heavy (non-hydrogen) atoms. The zero-order valence-electron chi connectivity index (χ0n) is 19.0. The molecule has 1 heterocycles. The van der Waals surface area contributed by atoms with Gasteiger partial charge in [-0.3, -0.25) is 4.79 Å². The Morgan fingerprint density at radius 1 is 1.17 bits per heavy atom. The molecule has 1 aromatic heterocycles. The number of ether oxygens (including phenoxy) is 1. The number of thiazole rings is 1. The Balaban J connectivity index is 1.61. The summed E-state index contributed by atoms with van der Waals surface area (Å²) >= 11 is 3.11. The first-order valence-electron chi connectivity index (χ1n) is 11.2. The maximum atomic E-state index is 12.4. The average Bonchev–Trinajstić information content (AvgIpc) is 3.07. The number of hydrogen-bond donors (Lipinski definition) is 1. The lowest BCUT2D eigenvalue weighted by molar-refractivity contribution is -0.156. The molecule has 0 unspecified atom stereocenters. The fraction of sp³-hybridized carbons (Fsp3) is 0.826. The molecule has 1 aliphatic rings. The van der Waals surface area contributed by atoms with Crippen LogP contribution in [-0.2, 0) is 16.0 Å². The number of aromatic nitrogens is 1. The maximum absolute atomic E-state index is 12.4. The van der Waals surface area contributed by atoms with Gasteiger partial charge in [0.15, 0.2) is 4.34 Å². The molecule has 6 heteroatoms. The fourth-order valence-electron chi connectivity index (χ4n) is 3.61. The lowest BCUT2D eigenvalue weighted by Crippen LogP contribution is -2.36. The van der Waals surface area contributed by atoms with Crippen LogP contribution in [-0.4, -0.2) is 34.4 Å². The van der Waals surface area contributed by atoms with Crippen molar-refractivity contribution in [3.8, 4) is 0 Å². The molecule has 1 aliphatic carbocycles. The molecule has 0 amide bonds. The predicted octanol–water partition coefficient (Wildman–Crippen LogP) is 6.24. The molecular weight excluding hydrogens is 400 g/mol. The number of rotatable bonds is 11. The maximum Gasteiger partial charge on any atom is 0.322 e. The molecule has 1 fully saturated rings. The van der Waals surface area contributed by atoms with E-state index in [9.17, 15) is 4.79 Å². The number of thioether (sulfide) groups is 1. The summed E-state index contributed by atoms with van der Waals surface area (Å²) in [6.45, 7) is 11.6. The van der Waals surface area contributed by atoms with Gasteiger partial charge in [0.1, 0.15) is 10.3 Å². The van der Waals surface area contributed by atoms with Crippen molar-refractivity contribution in [2.75, 3.05) is 13.1 Å². The Labute approximate surface area is 186 Å². The molecule has 0 bridgehead atoms. The predicted molar refractivity (Wildman–Crippen MR) is 125 cm³/mol. The highest BCUT2D eigenvalue weighted by molar-refractivity contribution is 8.03. The number of unbranched alkanes of at least 4 members (excludes halogenated alkanes) is 1. The molecule has 0 saturated heterocycles. The molecule has 1 saturated carbocycles. The van der Waals surface area contributed by atoms with Gasteiger partial charge < -0.3 is 10.1 Å². The van der Waals surface area contributed by atoms with E-state index in [0.717, 1.165) is 35.5 Å². The van der Waals surface area contributed by atoms with E-state index in [1.54, 1.807) is 11.3 Å². The van der Waals surface area contributed by atoms with Crippen molar-refractivity contribution in [1.82, 2.24) is 10.3 Å². The van der Waals surface area contributed by atoms with Crippen LogP contribution in [0.15, 0.2) is 9.72 Å². The van der Waals surface area contributed by atoms with Gasteiger partial charge in [-0.15, -0.1) is 11.3 Å². The topological polar surface area (TPSA) is 51.2 Å². The van der Waals surface area contributed by atoms with Crippen LogP contribution in [0.4, 0.5) is 0 Å². The van der Waals surface area contributed by atoms with E-state index < -0.39 is 10.3 Å². The van der Waals surface area contributed by atoms with Crippen LogP contribution < -0.4 is 5.32 Å². The molecule has 166 valence electrons. The minimum Gasteiger partial charge on any atom is -0.459 e. The van der Waals surface area contributed by atoms with Crippen LogP contribution in [0.25, 0.3) is 0 Å². The highest BCUT2D eigenvalue weighted by Gasteiger charge is 2.34. The van der Waals surface area contributed by atoms with E-state index in [4.69, 9.17) is 9.72 Å². The quantitative estimate of drug-likeness (QED) is 0.251. The van der Waals surface area contributed by atoms with Gasteiger partial charge in [-0.05, 0) is 53.5 Å². The summed E-state index contributed by atoms with van der Waals surface area (Å²) in [5.41, 5.74) is 0.637. The first kappa shape index (κ1) is 24.7. The zero-order chi connectivity index (χ0) is 21.3. The average molecular weight is 441 g/mol. The molecular formula is C23H40N2O2S2. The summed E-state index contributed by atoms with van der Waals surface area (Å²) in [6, 6.07) is 0. The van der Waals surface area contributed by atoms with E-state index >= 15 is 0 Å². The van der Waals surface area contributed by atoms with Crippen molar-refractivity contribution >= 4 is 29.1 Å². The lowest BCUT2D eigenvalue weighted by Gasteiger charge is -2.27. The van der Waals surface area contributed by atoms with Gasteiger partial charge in [-0.1, -0.05) is 56.7 Å². The Morgan fingerprint density at radius 3 is 2.59 bits per heavy atom. The van der Waals surface area contributed by atoms with Gasteiger partial charge in [0.25, 0.3) is 0 Å². The third kappa shape index (κ3) is 9.84. The second-order valence-corrected chi connectivity index (χ2v) is 12.4. The van der Waals surface area contributed by atoms with Crippen LogP contribution in [0.5, 0.6) is 0 Å². The summed E-state index contributed by atoms with van der Waals surface area (Å²) in [7, 11) is 0. The van der Waals surface area contributed by atoms with Crippen molar-refractivity contribution in [3.63, 3.8) is 0 Å². The smallest absolute Gasteiger partial charge is 0.322 e. The van der Waals surface area contributed by atoms with Gasteiger partial charge in [-0.2, -0.15) is 0 Å². The summed E-state index contributed by atoms with van der Waals surface area (Å²) < 4.78 is 5.83. The van der Waals surface area contributed by atoms with E-state index in [-0.39, 0.29) is 5.97 Å². The fourth-order valence-corrected chi connectivity index (χ4v) is 5.87. The van der Waals surface area contributed by atoms with Gasteiger partial charge in [0, 0.05) is 18.3 Å². The van der Waals surface area contributed by atoms with Crippen LogP contribution in [0.3, 0.4) is 0 Å². The third-order valence-electron chi connectivity index (χ3n) is 5.26. The van der Waals surface area contributed by atoms with Crippen LogP contribution in [0.1, 0.15) is 91.7 Å². The Kier molecular flexibility index (Phi) is 9.96. The number of carbonyl (C=O) groups is 1. The van der Waals surface area contributed by atoms with Crippen LogP contribution in [0.2, 0.25) is 0 Å². The van der Waals surface area contributed by atoms with Crippen LogP contribution >= 0.6 is 23.1 Å². The zero-order valence-corrected chi connectivity index (χ0v) is 20.6. The molecule has 1 aromatic rings. The molecule has 2 rings (SSSR count). The molecule has 4 nitrogen and oxygen atoms in total. The van der Waals surface area contributed by atoms with E-state index in [0.29, 0.717) is 0 Å². The Bertz CT molecular complexity index is 617. The minimum absolute atomic E-state index is 0.193. The van der Waals surface area contributed by atoms with E-state index in [2.05, 4.69) is 10.7 Å². The summed E-state index contributed by atoms with van der Waals surface area (Å²) in [4.78, 5) is 17.1. The van der Waals surface area contributed by atoms with Gasteiger partial charge in [-0.25, -0.2) is 4.98 Å². The summed E-state index contributed by atoms with van der Waals surface area (Å²) in [5, 5.41) is 5.67. The standard InChI is InChI=1S/C23H40N2O2S2/c1-22(2,3)27-20(26)23(4,5)29-21-25-19(17-28-21)14-16-24-15-10-9-13-18-11-7-6-8-12-18/h17-18,24H,6-16H2,1-5H3. The monoisotopic (exact) mass is 440 g/mol. The largest absolute Gasteiger partial charge is 0.459 e. The second kappa shape index (κ2) is 11.7. The van der Waals surface area contributed by atoms with E-state index in [1.807, 2.05) is 34.6 Å². The Hall–Kier alpha value is -0.590. The molecule has 0 radical (unpaired) electrons. The highest BCUT2D eigenvalue weighted by Crippen LogP contribution is 2.36. The first-order valence-corrected chi connectivity index (χ1v) is 12.9. The Morgan fingerprint density at radius 2 is 1.90 bits per heavy atom. The van der Waals surface area contributed by atoms with Crippen molar-refractivity contribution < 1.29 is 9.53 Å². The van der Waals surface area contributed by atoms with Crippen molar-refractivity contribution in [2.45, 2.75) is 107 Å². The lowest BCUT2D eigenvalue weighted by atomic mass is 9.86. The highest BCUT2D eigenvalue weighted by atomic mass is 32.2. The first-order chi connectivity index (χ1) is 13.7. The minimum atomic E-state index is -0.640. The van der Waals surface area contributed by atoms with Gasteiger partial charge in [0.05, 0.1) is 5.69 Å². The number of esters is 1. The van der Waals surface area contributed by atoms with Gasteiger partial charge >= 0.3 is 5.97 Å². The molecule has 0 aliphatic heterocycles. The second-order valence-electron chi connectivity index (χ2n) is 9.72. The normalized spacial score (nSPS) is 16.2. The number of nitrogens with zero attached hydrogens (tertiary/aromatic N) is 1. The number of nitrogens with one attached hydrogen (secondary N) is 1. The number of hydrogen-bond acceptors (Lipinski definition) is 6. The van der Waals surface area contributed by atoms with Crippen molar-refractivity contribution in [3.05, 3.63) is 11.1 Å². The van der Waals surface area contributed by atoms with Crippen molar-refractivity contribution in [2.24, 2.45) is 5.92 Å². The van der Waals surface area contributed by atoms with Crippen molar-refractivity contribution in [1.29, 1.82) is 0 Å². The molecule has 1 N–H and O–H groups in total. The summed E-state index contributed by atoms with van der Waals surface area (Å²) in [5.74, 6) is 0.807. The molecule has 0 spiro atoms. The van der Waals surface area contributed by atoms with E-state index in [1.165, 1.54) is 63.1 Å². The van der Waals surface area contributed by atoms with Gasteiger partial charge in [0.2, 0.25) is 0 Å². The molecule has 0 aromatic carbocycles. The SMILES string of the molecule is CC(C)(C)OC(=O)C(C)(C)Sc1nc(CCNCCCCC2CCCCC2)cs1.